The minimum atomic E-state index is -4.44. The maximum Gasteiger partial charge on any atom is 0.417 e. The van der Waals surface area contributed by atoms with Gasteiger partial charge < -0.3 is 4.52 Å². The van der Waals surface area contributed by atoms with Gasteiger partial charge in [0.25, 0.3) is 5.89 Å². The SMILES string of the molecule is FC(F)(F)c1ccc(N/N=C/c2noc(-c3cccc(Cl)n3)n2)nc1. The monoisotopic (exact) mass is 368 g/mol. The van der Waals surface area contributed by atoms with Crippen molar-refractivity contribution in [3.63, 3.8) is 0 Å². The molecule has 25 heavy (non-hydrogen) atoms. The zero-order valence-corrected chi connectivity index (χ0v) is 13.0. The van der Waals surface area contributed by atoms with Crippen LogP contribution in [0.15, 0.2) is 46.2 Å². The largest absolute Gasteiger partial charge is 0.417 e. The van der Waals surface area contributed by atoms with Gasteiger partial charge in [0.05, 0.1) is 11.8 Å². The predicted octanol–water partition coefficient (Wildman–Crippen LogP) is 3.64. The standard InChI is InChI=1S/C14H8ClF3N6O/c15-10-3-1-2-9(21-10)13-22-12(24-25-13)7-20-23-11-5-4-8(6-19-11)14(16,17)18/h1-7H,(H,19,23)/b20-7+. The lowest BCUT2D eigenvalue weighted by Gasteiger charge is -2.05. The van der Waals surface area contributed by atoms with Crippen molar-refractivity contribution in [1.29, 1.82) is 0 Å². The van der Waals surface area contributed by atoms with Crippen LogP contribution in [-0.4, -0.2) is 26.3 Å². The van der Waals surface area contributed by atoms with Crippen LogP contribution in [0.25, 0.3) is 11.6 Å². The second kappa shape index (κ2) is 6.85. The molecule has 3 aromatic rings. The molecular formula is C14H8ClF3N6O. The Balaban J connectivity index is 1.65. The molecule has 3 heterocycles. The first kappa shape index (κ1) is 16.8. The molecule has 0 saturated heterocycles. The molecular weight excluding hydrogens is 361 g/mol. The quantitative estimate of drug-likeness (QED) is 0.429. The van der Waals surface area contributed by atoms with Crippen molar-refractivity contribution in [3.8, 4) is 11.6 Å². The molecule has 0 saturated carbocycles. The van der Waals surface area contributed by atoms with E-state index in [2.05, 4.69) is 30.6 Å². The van der Waals surface area contributed by atoms with Crippen LogP contribution in [-0.2, 0) is 6.18 Å². The molecule has 0 aliphatic heterocycles. The number of rotatable bonds is 4. The molecule has 0 fully saturated rings. The van der Waals surface area contributed by atoms with Gasteiger partial charge in [0, 0.05) is 6.20 Å². The third-order valence-corrected chi connectivity index (χ3v) is 3.04. The van der Waals surface area contributed by atoms with Crippen LogP contribution in [0.5, 0.6) is 0 Å². The molecule has 128 valence electrons. The van der Waals surface area contributed by atoms with Crippen LogP contribution in [0.3, 0.4) is 0 Å². The molecule has 11 heteroatoms. The summed E-state index contributed by atoms with van der Waals surface area (Å²) in [6.07, 6.45) is -2.52. The molecule has 3 aromatic heterocycles. The van der Waals surface area contributed by atoms with Gasteiger partial charge >= 0.3 is 6.18 Å². The topological polar surface area (TPSA) is 89.1 Å². The fourth-order valence-electron chi connectivity index (χ4n) is 1.70. The molecule has 0 aliphatic carbocycles. The number of nitrogens with one attached hydrogen (secondary N) is 1. The summed E-state index contributed by atoms with van der Waals surface area (Å²) in [5.41, 5.74) is 2.01. The van der Waals surface area contributed by atoms with E-state index >= 15 is 0 Å². The Morgan fingerprint density at radius 1 is 1.16 bits per heavy atom. The van der Waals surface area contributed by atoms with Gasteiger partial charge in [0.1, 0.15) is 16.7 Å². The van der Waals surface area contributed by atoms with E-state index in [9.17, 15) is 13.2 Å². The predicted molar refractivity (Wildman–Crippen MR) is 83.0 cm³/mol. The average molecular weight is 369 g/mol. The summed E-state index contributed by atoms with van der Waals surface area (Å²) < 4.78 is 42.3. The number of hydrazone groups is 1. The first-order valence-electron chi connectivity index (χ1n) is 6.71. The van der Waals surface area contributed by atoms with Gasteiger partial charge in [-0.3, -0.25) is 5.43 Å². The zero-order valence-electron chi connectivity index (χ0n) is 12.2. The molecule has 3 rings (SSSR count). The number of pyridine rings is 2. The molecule has 0 amide bonds. The summed E-state index contributed by atoms with van der Waals surface area (Å²) in [7, 11) is 0. The van der Waals surface area contributed by atoms with Gasteiger partial charge in [0.15, 0.2) is 0 Å². The highest BCUT2D eigenvalue weighted by atomic mass is 35.5. The zero-order chi connectivity index (χ0) is 17.9. The highest BCUT2D eigenvalue weighted by molar-refractivity contribution is 6.29. The molecule has 0 spiro atoms. The number of aromatic nitrogens is 4. The molecule has 0 atom stereocenters. The van der Waals surface area contributed by atoms with Crippen molar-refractivity contribution >= 4 is 23.6 Å². The van der Waals surface area contributed by atoms with Crippen LogP contribution in [0.4, 0.5) is 19.0 Å². The summed E-state index contributed by atoms with van der Waals surface area (Å²) in [6, 6.07) is 6.97. The van der Waals surface area contributed by atoms with E-state index in [1.54, 1.807) is 18.2 Å². The Morgan fingerprint density at radius 3 is 2.68 bits per heavy atom. The van der Waals surface area contributed by atoms with Crippen molar-refractivity contribution in [2.45, 2.75) is 6.18 Å². The number of halogens is 4. The molecule has 7 nitrogen and oxygen atoms in total. The Labute approximate surface area is 143 Å². The summed E-state index contributed by atoms with van der Waals surface area (Å²) in [4.78, 5) is 11.7. The van der Waals surface area contributed by atoms with Crippen molar-refractivity contribution in [1.82, 2.24) is 20.1 Å². The summed E-state index contributed by atoms with van der Waals surface area (Å²) >= 11 is 5.78. The third-order valence-electron chi connectivity index (χ3n) is 2.83. The summed E-state index contributed by atoms with van der Waals surface area (Å²) in [5, 5.41) is 7.73. The Morgan fingerprint density at radius 2 is 2.00 bits per heavy atom. The first-order valence-corrected chi connectivity index (χ1v) is 7.08. The number of anilines is 1. The molecule has 1 N–H and O–H groups in total. The van der Waals surface area contributed by atoms with Gasteiger partial charge in [-0.1, -0.05) is 22.8 Å². The summed E-state index contributed by atoms with van der Waals surface area (Å²) in [6.45, 7) is 0. The van der Waals surface area contributed by atoms with E-state index in [1.807, 2.05) is 0 Å². The number of nitrogens with zero attached hydrogens (tertiary/aromatic N) is 5. The molecule has 0 radical (unpaired) electrons. The van der Waals surface area contributed by atoms with Gasteiger partial charge in [-0.05, 0) is 24.3 Å². The normalized spacial score (nSPS) is 11.8. The van der Waals surface area contributed by atoms with E-state index in [-0.39, 0.29) is 22.7 Å². The first-order chi connectivity index (χ1) is 11.9. The van der Waals surface area contributed by atoms with E-state index in [0.717, 1.165) is 12.1 Å². The van der Waals surface area contributed by atoms with Crippen molar-refractivity contribution in [2.75, 3.05) is 5.43 Å². The number of hydrogen-bond donors (Lipinski definition) is 1. The molecule has 0 aliphatic rings. The minimum absolute atomic E-state index is 0.129. The Kier molecular flexibility index (Phi) is 4.61. The van der Waals surface area contributed by atoms with Crippen molar-refractivity contribution < 1.29 is 17.7 Å². The lowest BCUT2D eigenvalue weighted by atomic mass is 10.3. The van der Waals surface area contributed by atoms with Crippen LogP contribution < -0.4 is 5.43 Å². The third kappa shape index (κ3) is 4.29. The average Bonchev–Trinajstić information content (AvgIpc) is 3.03. The Hall–Kier alpha value is -3.01. The van der Waals surface area contributed by atoms with Gasteiger partial charge in [-0.2, -0.15) is 23.3 Å². The Bertz CT molecular complexity index is 894. The maximum absolute atomic E-state index is 12.4. The van der Waals surface area contributed by atoms with Gasteiger partial charge in [-0.15, -0.1) is 0 Å². The lowest BCUT2D eigenvalue weighted by molar-refractivity contribution is -0.137. The molecule has 0 bridgehead atoms. The van der Waals surface area contributed by atoms with Crippen LogP contribution in [0.2, 0.25) is 5.15 Å². The summed E-state index contributed by atoms with van der Waals surface area (Å²) in [5.74, 6) is 0.414. The number of alkyl halides is 3. The van der Waals surface area contributed by atoms with Gasteiger partial charge in [-0.25, -0.2) is 9.97 Å². The van der Waals surface area contributed by atoms with E-state index in [0.29, 0.717) is 11.9 Å². The smallest absolute Gasteiger partial charge is 0.332 e. The fourth-order valence-corrected chi connectivity index (χ4v) is 1.87. The van der Waals surface area contributed by atoms with Crippen LogP contribution in [0.1, 0.15) is 11.4 Å². The fraction of sp³-hybridized carbons (Fsp3) is 0.0714. The second-order valence-electron chi connectivity index (χ2n) is 4.60. The van der Waals surface area contributed by atoms with E-state index in [1.165, 1.54) is 6.21 Å². The minimum Gasteiger partial charge on any atom is -0.332 e. The highest BCUT2D eigenvalue weighted by Crippen LogP contribution is 2.28. The van der Waals surface area contributed by atoms with Crippen molar-refractivity contribution in [3.05, 3.63) is 53.1 Å². The van der Waals surface area contributed by atoms with Crippen molar-refractivity contribution in [2.24, 2.45) is 5.10 Å². The number of hydrogen-bond acceptors (Lipinski definition) is 7. The maximum atomic E-state index is 12.4. The van der Waals surface area contributed by atoms with Crippen LogP contribution in [0, 0.1) is 0 Å². The molecule has 0 unspecified atom stereocenters. The van der Waals surface area contributed by atoms with Gasteiger partial charge in [0.2, 0.25) is 5.82 Å². The van der Waals surface area contributed by atoms with Crippen LogP contribution >= 0.6 is 11.6 Å². The molecule has 0 aromatic carbocycles. The highest BCUT2D eigenvalue weighted by Gasteiger charge is 2.30. The van der Waals surface area contributed by atoms with E-state index < -0.39 is 11.7 Å². The van der Waals surface area contributed by atoms with E-state index in [4.69, 9.17) is 16.1 Å². The second-order valence-corrected chi connectivity index (χ2v) is 4.99. The lowest BCUT2D eigenvalue weighted by Crippen LogP contribution is -2.05.